The number of Topliss-reactive ketones (excluding diaryl/α,β-unsaturated/α-hetero) is 3. The standard InChI is InChI=1S/C53H84NO14P/c1-32-18-14-13-15-19-33(2)44(63-8)30-40-23-21-38(7)53(61,67-40)50(58)51(59)54-25-17-16-20-41(54)52(60)66-45(35(4)28-39-22-24-43(46(29-39)64-9)68-69(11,12)62)31-42(55)34(3)27-37(6)48(57)49(65-10)47(56)36(5)26-32/h13-15,18-19,27,32,34-36,38-41,43-46,48-49,57,61H,16-17,20-26,28-31H2,1-12H3/b15-13?,18-14+,33-19?,37-27+/t32-,34-,35-,36-,38-,39+,40?,41+,43-,44+,45+,46-,48-,49+,53-/m1/s1. The summed E-state index contributed by atoms with van der Waals surface area (Å²) in [5.41, 5.74) is 1.25. The summed E-state index contributed by atoms with van der Waals surface area (Å²) in [4.78, 5) is 72.2. The molecular formula is C53H84NO14P. The number of aliphatic hydroxyl groups is 2. The van der Waals surface area contributed by atoms with E-state index < -0.39 is 85.1 Å². The lowest BCUT2D eigenvalue weighted by Crippen LogP contribution is -2.61. The second-order valence-corrected chi connectivity index (χ2v) is 23.6. The molecule has 2 saturated heterocycles. The second-order valence-electron chi connectivity index (χ2n) is 20.9. The number of ketones is 3. The lowest BCUT2D eigenvalue weighted by Gasteiger charge is -2.42. The lowest BCUT2D eigenvalue weighted by atomic mass is 9.78. The molecule has 2 bridgehead atoms. The first-order valence-electron chi connectivity index (χ1n) is 25.2. The van der Waals surface area contributed by atoms with Crippen LogP contribution >= 0.6 is 7.37 Å². The van der Waals surface area contributed by atoms with E-state index in [2.05, 4.69) is 0 Å². The van der Waals surface area contributed by atoms with Gasteiger partial charge in [-0.25, -0.2) is 4.79 Å². The Morgan fingerprint density at radius 1 is 0.855 bits per heavy atom. The molecule has 4 rings (SSSR count). The number of hydrogen-bond donors (Lipinski definition) is 2. The Morgan fingerprint density at radius 3 is 2.22 bits per heavy atom. The number of carbonyl (C=O) groups is 5. The van der Waals surface area contributed by atoms with E-state index in [0.29, 0.717) is 63.4 Å². The number of amides is 1. The van der Waals surface area contributed by atoms with Gasteiger partial charge in [-0.15, -0.1) is 0 Å². The van der Waals surface area contributed by atoms with E-state index in [1.165, 1.54) is 12.0 Å². The van der Waals surface area contributed by atoms with Gasteiger partial charge in [0.2, 0.25) is 5.79 Å². The molecular weight excluding hydrogens is 906 g/mol. The average molecular weight is 990 g/mol. The van der Waals surface area contributed by atoms with E-state index in [-0.39, 0.29) is 60.9 Å². The SMILES string of the molecule is CO[C@H]1CC2CC[C@@H](C)[C@@](O)(O2)C(=O)C(=O)N2CCCC[C@H]2C(=O)O[C@H]([C@H](C)C[C@@H]2CC[C@@H](OP(C)(C)=O)[C@H](OC)C2)CC(=O)[C@H](C)/C=C(\C)[C@@H](O)[C@@H](OC)C(=O)[C@H](C)C[C@H](C)/C=C/C=CC=C1C. The molecule has 0 aromatic carbocycles. The quantitative estimate of drug-likeness (QED) is 0.104. The summed E-state index contributed by atoms with van der Waals surface area (Å²) in [6.07, 6.45) is 11.4. The Kier molecular flexibility index (Phi) is 22.5. The third kappa shape index (κ3) is 16.2. The van der Waals surface area contributed by atoms with Crippen molar-refractivity contribution in [1.29, 1.82) is 0 Å². The molecule has 0 radical (unpaired) electrons. The maximum absolute atomic E-state index is 14.5. The van der Waals surface area contributed by atoms with Crippen molar-refractivity contribution in [2.24, 2.45) is 35.5 Å². The van der Waals surface area contributed by atoms with Crippen LogP contribution in [0.5, 0.6) is 0 Å². The molecule has 1 amide bonds. The summed E-state index contributed by atoms with van der Waals surface area (Å²) in [5, 5.41) is 23.5. The molecule has 16 heteroatoms. The average Bonchev–Trinajstić information content (AvgIpc) is 3.30. The Morgan fingerprint density at radius 2 is 1.57 bits per heavy atom. The number of fused-ring (bicyclic) bond motifs is 3. The molecule has 1 aliphatic carbocycles. The van der Waals surface area contributed by atoms with Crippen LogP contribution in [0, 0.1) is 35.5 Å². The number of aliphatic hydroxyl groups excluding tert-OH is 1. The Bertz CT molecular complexity index is 1940. The summed E-state index contributed by atoms with van der Waals surface area (Å²) in [6.45, 7) is 15.9. The van der Waals surface area contributed by atoms with Crippen LogP contribution in [0.15, 0.2) is 47.6 Å². The normalized spacial score (nSPS) is 37.8. The minimum absolute atomic E-state index is 0.0117. The predicted octanol–water partition coefficient (Wildman–Crippen LogP) is 7.74. The van der Waals surface area contributed by atoms with Gasteiger partial charge in [0.05, 0.1) is 24.4 Å². The van der Waals surface area contributed by atoms with Crippen molar-refractivity contribution in [2.75, 3.05) is 41.2 Å². The smallest absolute Gasteiger partial charge is 0.329 e. The Balaban J connectivity index is 1.70. The summed E-state index contributed by atoms with van der Waals surface area (Å²) in [7, 11) is 1.76. The summed E-state index contributed by atoms with van der Waals surface area (Å²) in [5.74, 6) is -8.11. The fourth-order valence-corrected chi connectivity index (χ4v) is 11.4. The van der Waals surface area contributed by atoms with E-state index >= 15 is 0 Å². The van der Waals surface area contributed by atoms with Gasteiger partial charge < -0.3 is 43.3 Å². The molecule has 1 saturated carbocycles. The van der Waals surface area contributed by atoms with Gasteiger partial charge in [0, 0.05) is 71.8 Å². The highest BCUT2D eigenvalue weighted by molar-refractivity contribution is 7.57. The number of carbonyl (C=O) groups excluding carboxylic acids is 5. The van der Waals surface area contributed by atoms with Gasteiger partial charge >= 0.3 is 5.97 Å². The molecule has 2 N–H and O–H groups in total. The predicted molar refractivity (Wildman–Crippen MR) is 263 cm³/mol. The highest BCUT2D eigenvalue weighted by atomic mass is 31.2. The van der Waals surface area contributed by atoms with Crippen LogP contribution in [0.2, 0.25) is 0 Å². The molecule has 15 atom stereocenters. The van der Waals surface area contributed by atoms with Gasteiger partial charge in [-0.3, -0.25) is 23.7 Å². The van der Waals surface area contributed by atoms with Crippen LogP contribution in [-0.2, 0) is 56.7 Å². The molecule has 1 unspecified atom stereocenters. The fraction of sp³-hybridized carbons (Fsp3) is 0.755. The summed E-state index contributed by atoms with van der Waals surface area (Å²) in [6, 6.07) is -1.16. The van der Waals surface area contributed by atoms with E-state index in [1.807, 2.05) is 58.1 Å². The first-order valence-corrected chi connectivity index (χ1v) is 27.7. The second kappa shape index (κ2) is 26.5. The minimum Gasteiger partial charge on any atom is -0.460 e. The van der Waals surface area contributed by atoms with E-state index in [4.69, 9.17) is 28.2 Å². The zero-order valence-electron chi connectivity index (χ0n) is 43.4. The largest absolute Gasteiger partial charge is 0.460 e. The number of piperidine rings is 1. The molecule has 390 valence electrons. The zero-order chi connectivity index (χ0) is 51.4. The van der Waals surface area contributed by atoms with Crippen LogP contribution in [0.1, 0.15) is 126 Å². The molecule has 4 aliphatic rings. The van der Waals surface area contributed by atoms with Crippen molar-refractivity contribution in [3.8, 4) is 0 Å². The van der Waals surface area contributed by atoms with Gasteiger partial charge in [-0.05, 0) is 107 Å². The van der Waals surface area contributed by atoms with Crippen molar-refractivity contribution < 1.29 is 67.0 Å². The molecule has 0 aromatic rings. The van der Waals surface area contributed by atoms with E-state index in [9.17, 15) is 38.8 Å². The molecule has 0 spiro atoms. The van der Waals surface area contributed by atoms with Crippen LogP contribution in [0.25, 0.3) is 0 Å². The number of allylic oxidation sites excluding steroid dienone is 6. The number of hydrogen-bond acceptors (Lipinski definition) is 14. The van der Waals surface area contributed by atoms with Crippen molar-refractivity contribution in [1.82, 2.24) is 4.90 Å². The minimum atomic E-state index is -2.79. The van der Waals surface area contributed by atoms with Crippen LogP contribution in [0.4, 0.5) is 0 Å². The highest BCUT2D eigenvalue weighted by Crippen LogP contribution is 2.45. The number of esters is 1. The molecule has 69 heavy (non-hydrogen) atoms. The number of rotatable bonds is 8. The first kappa shape index (κ1) is 58.4. The zero-order valence-corrected chi connectivity index (χ0v) is 44.3. The number of methoxy groups -OCH3 is 3. The molecule has 3 aliphatic heterocycles. The van der Waals surface area contributed by atoms with Gasteiger partial charge in [0.15, 0.2) is 13.2 Å². The molecule has 3 heterocycles. The first-order chi connectivity index (χ1) is 32.4. The van der Waals surface area contributed by atoms with Crippen molar-refractivity contribution in [3.05, 3.63) is 47.6 Å². The van der Waals surface area contributed by atoms with Crippen molar-refractivity contribution >= 4 is 36.6 Å². The maximum Gasteiger partial charge on any atom is 0.329 e. The summed E-state index contributed by atoms with van der Waals surface area (Å²) < 4.78 is 48.2. The van der Waals surface area contributed by atoms with Crippen molar-refractivity contribution in [2.45, 2.75) is 180 Å². The summed E-state index contributed by atoms with van der Waals surface area (Å²) >= 11 is 0. The third-order valence-corrected chi connectivity index (χ3v) is 15.6. The highest BCUT2D eigenvalue weighted by Gasteiger charge is 2.53. The van der Waals surface area contributed by atoms with Crippen molar-refractivity contribution in [3.63, 3.8) is 0 Å². The van der Waals surface area contributed by atoms with Crippen LogP contribution in [-0.4, -0.2) is 140 Å². The van der Waals surface area contributed by atoms with Crippen LogP contribution < -0.4 is 0 Å². The van der Waals surface area contributed by atoms with Gasteiger partial charge in [-0.1, -0.05) is 71.1 Å². The van der Waals surface area contributed by atoms with Gasteiger partial charge in [-0.2, -0.15) is 0 Å². The lowest BCUT2D eigenvalue weighted by molar-refractivity contribution is -0.265. The molecule has 15 nitrogen and oxygen atoms in total. The Labute approximate surface area is 411 Å². The molecule has 0 aromatic heterocycles. The monoisotopic (exact) mass is 990 g/mol. The number of ether oxygens (including phenoxy) is 5. The number of nitrogens with zero attached hydrogens (tertiary/aromatic N) is 1. The maximum atomic E-state index is 14.5. The molecule has 3 fully saturated rings. The van der Waals surface area contributed by atoms with E-state index in [0.717, 1.165) is 12.0 Å². The third-order valence-electron chi connectivity index (χ3n) is 14.8. The van der Waals surface area contributed by atoms with Crippen LogP contribution in [0.3, 0.4) is 0 Å². The Hall–Kier alpha value is -3.14. The van der Waals surface area contributed by atoms with Gasteiger partial charge in [0.1, 0.15) is 30.1 Å². The van der Waals surface area contributed by atoms with E-state index in [1.54, 1.807) is 54.4 Å². The topological polar surface area (TPSA) is 201 Å². The van der Waals surface area contributed by atoms with Gasteiger partial charge in [0.25, 0.3) is 11.7 Å². The fourth-order valence-electron chi connectivity index (χ4n) is 10.5. The number of cyclic esters (lactones) is 1.